The summed E-state index contributed by atoms with van der Waals surface area (Å²) in [6, 6.07) is 26.4. The van der Waals surface area contributed by atoms with Crippen LogP contribution in [0, 0.1) is 5.92 Å². The Morgan fingerprint density at radius 1 is 0.733 bits per heavy atom. The lowest BCUT2D eigenvalue weighted by Gasteiger charge is -2.14. The normalized spacial score (nSPS) is 10.6. The van der Waals surface area contributed by atoms with Crippen LogP contribution in [-0.4, -0.2) is 19.7 Å². The van der Waals surface area contributed by atoms with Crippen molar-refractivity contribution in [1.82, 2.24) is 0 Å². The fraction of sp³-hybridized carbons (Fsp3) is 0.308. The monoisotopic (exact) mass is 404 g/mol. The second-order valence-corrected chi connectivity index (χ2v) is 7.68. The zero-order chi connectivity index (χ0) is 21.0. The zero-order valence-corrected chi connectivity index (χ0v) is 17.9. The fourth-order valence-electron chi connectivity index (χ4n) is 2.96. The van der Waals surface area contributed by atoms with E-state index >= 15 is 0 Å². The lowest BCUT2D eigenvalue weighted by Crippen LogP contribution is -2.14. The number of hydrogen-bond acceptors (Lipinski definition) is 4. The van der Waals surface area contributed by atoms with Gasteiger partial charge in [-0.1, -0.05) is 56.3 Å². The molecule has 3 aromatic carbocycles. The molecule has 0 aliphatic heterocycles. The molecule has 0 unspecified atom stereocenters. The van der Waals surface area contributed by atoms with E-state index in [4.69, 9.17) is 9.47 Å². The van der Waals surface area contributed by atoms with Gasteiger partial charge in [-0.25, -0.2) is 0 Å². The van der Waals surface area contributed by atoms with Crippen molar-refractivity contribution in [2.45, 2.75) is 26.9 Å². The van der Waals surface area contributed by atoms with Crippen LogP contribution >= 0.6 is 0 Å². The summed E-state index contributed by atoms with van der Waals surface area (Å²) in [5.74, 6) is 2.44. The van der Waals surface area contributed by atoms with Gasteiger partial charge >= 0.3 is 0 Å². The Balaban J connectivity index is 1.41. The minimum atomic E-state index is 0.559. The van der Waals surface area contributed by atoms with Gasteiger partial charge < -0.3 is 20.1 Å². The predicted octanol–water partition coefficient (Wildman–Crippen LogP) is 6.21. The van der Waals surface area contributed by atoms with Crippen molar-refractivity contribution < 1.29 is 9.47 Å². The molecule has 0 saturated carbocycles. The highest BCUT2D eigenvalue weighted by Crippen LogP contribution is 2.24. The van der Waals surface area contributed by atoms with Gasteiger partial charge in [0.2, 0.25) is 0 Å². The van der Waals surface area contributed by atoms with E-state index in [1.165, 1.54) is 0 Å². The minimum Gasteiger partial charge on any atom is -0.494 e. The van der Waals surface area contributed by atoms with Gasteiger partial charge in [0.25, 0.3) is 0 Å². The van der Waals surface area contributed by atoms with Gasteiger partial charge in [-0.2, -0.15) is 0 Å². The van der Waals surface area contributed by atoms with Crippen molar-refractivity contribution in [2.75, 3.05) is 30.3 Å². The first-order chi connectivity index (χ1) is 14.7. The molecule has 4 heteroatoms. The van der Waals surface area contributed by atoms with E-state index in [1.54, 1.807) is 0 Å². The average Bonchev–Trinajstić information content (AvgIpc) is 2.77. The summed E-state index contributed by atoms with van der Waals surface area (Å²) < 4.78 is 11.8. The highest BCUT2D eigenvalue weighted by molar-refractivity contribution is 5.56. The largest absolute Gasteiger partial charge is 0.494 e. The maximum atomic E-state index is 6.00. The Labute approximate surface area is 180 Å². The first-order valence-electron chi connectivity index (χ1n) is 10.7. The zero-order valence-electron chi connectivity index (χ0n) is 17.9. The van der Waals surface area contributed by atoms with Gasteiger partial charge in [-0.15, -0.1) is 0 Å². The van der Waals surface area contributed by atoms with Crippen LogP contribution in [-0.2, 0) is 6.61 Å². The first-order valence-corrected chi connectivity index (χ1v) is 10.7. The van der Waals surface area contributed by atoms with Crippen LogP contribution in [0.5, 0.6) is 11.5 Å². The summed E-state index contributed by atoms with van der Waals surface area (Å²) in [6.45, 7) is 7.33. The van der Waals surface area contributed by atoms with Crippen molar-refractivity contribution in [2.24, 2.45) is 5.92 Å². The van der Waals surface area contributed by atoms with Gasteiger partial charge in [0.1, 0.15) is 18.1 Å². The number of ether oxygens (including phenoxy) is 2. The van der Waals surface area contributed by atoms with Crippen LogP contribution in [0.25, 0.3) is 0 Å². The van der Waals surface area contributed by atoms with Gasteiger partial charge in [0.05, 0.1) is 12.3 Å². The Bertz CT molecular complexity index is 864. The summed E-state index contributed by atoms with van der Waals surface area (Å²) in [6.07, 6.45) is 1.07. The van der Waals surface area contributed by atoms with Gasteiger partial charge in [0.15, 0.2) is 0 Å². The Kier molecular flexibility index (Phi) is 8.46. The molecule has 3 aromatic rings. The molecular weight excluding hydrogens is 372 g/mol. The van der Waals surface area contributed by atoms with E-state index in [1.807, 2.05) is 54.6 Å². The second-order valence-electron chi connectivity index (χ2n) is 7.68. The molecule has 158 valence electrons. The second kappa shape index (κ2) is 11.8. The molecule has 0 spiro atoms. The molecule has 30 heavy (non-hydrogen) atoms. The molecule has 0 atom stereocenters. The van der Waals surface area contributed by atoms with Gasteiger partial charge in [-0.05, 0) is 54.3 Å². The smallest absolute Gasteiger partial charge is 0.142 e. The molecule has 0 aliphatic rings. The molecule has 0 amide bonds. The molecule has 2 N–H and O–H groups in total. The standard InChI is InChI=1S/C26H32N2O2/c1-21(2)16-19-29-24-14-12-23(13-15-24)27-17-18-28-25-10-6-7-11-26(25)30-20-22-8-4-3-5-9-22/h3-15,21,27-28H,16-20H2,1-2H3. The molecule has 0 aliphatic carbocycles. The third kappa shape index (κ3) is 7.36. The molecule has 0 radical (unpaired) electrons. The summed E-state index contributed by atoms with van der Waals surface area (Å²) in [7, 11) is 0. The van der Waals surface area contributed by atoms with Crippen LogP contribution in [0.3, 0.4) is 0 Å². The van der Waals surface area contributed by atoms with Crippen molar-refractivity contribution >= 4 is 11.4 Å². The Morgan fingerprint density at radius 2 is 1.43 bits per heavy atom. The lowest BCUT2D eigenvalue weighted by molar-refractivity contribution is 0.289. The van der Waals surface area contributed by atoms with Crippen LogP contribution in [0.1, 0.15) is 25.8 Å². The van der Waals surface area contributed by atoms with E-state index in [-0.39, 0.29) is 0 Å². The maximum Gasteiger partial charge on any atom is 0.142 e. The minimum absolute atomic E-state index is 0.559. The summed E-state index contributed by atoms with van der Waals surface area (Å²) in [5, 5.41) is 6.89. The number of hydrogen-bond donors (Lipinski definition) is 2. The van der Waals surface area contributed by atoms with Crippen LogP contribution in [0.4, 0.5) is 11.4 Å². The van der Waals surface area contributed by atoms with Crippen LogP contribution in [0.15, 0.2) is 78.9 Å². The SMILES string of the molecule is CC(C)CCOc1ccc(NCCNc2ccccc2OCc2ccccc2)cc1. The van der Waals surface area contributed by atoms with E-state index < -0.39 is 0 Å². The van der Waals surface area contributed by atoms with E-state index in [0.717, 1.165) is 54.6 Å². The van der Waals surface area contributed by atoms with Crippen molar-refractivity contribution in [3.05, 3.63) is 84.4 Å². The van der Waals surface area contributed by atoms with Crippen LogP contribution < -0.4 is 20.1 Å². The number of nitrogens with one attached hydrogen (secondary N) is 2. The topological polar surface area (TPSA) is 42.5 Å². The third-order valence-corrected chi connectivity index (χ3v) is 4.71. The number of para-hydroxylation sites is 2. The molecule has 3 rings (SSSR count). The van der Waals surface area contributed by atoms with E-state index in [2.05, 4.69) is 48.7 Å². The summed E-state index contributed by atoms with van der Waals surface area (Å²) in [5.41, 5.74) is 3.25. The molecule has 0 bridgehead atoms. The maximum absolute atomic E-state index is 6.00. The van der Waals surface area contributed by atoms with Crippen molar-refractivity contribution in [3.8, 4) is 11.5 Å². The molecule has 0 heterocycles. The van der Waals surface area contributed by atoms with Crippen molar-refractivity contribution in [1.29, 1.82) is 0 Å². The molecule has 0 saturated heterocycles. The summed E-state index contributed by atoms with van der Waals surface area (Å²) >= 11 is 0. The number of anilines is 2. The molecular formula is C26H32N2O2. The number of benzene rings is 3. The Hall–Kier alpha value is -3.14. The van der Waals surface area contributed by atoms with Crippen LogP contribution in [0.2, 0.25) is 0 Å². The van der Waals surface area contributed by atoms with E-state index in [9.17, 15) is 0 Å². The molecule has 0 fully saturated rings. The van der Waals surface area contributed by atoms with Crippen molar-refractivity contribution in [3.63, 3.8) is 0 Å². The highest BCUT2D eigenvalue weighted by Gasteiger charge is 2.03. The third-order valence-electron chi connectivity index (χ3n) is 4.71. The van der Waals surface area contributed by atoms with Gasteiger partial charge in [-0.3, -0.25) is 0 Å². The fourth-order valence-corrected chi connectivity index (χ4v) is 2.96. The first kappa shape index (κ1) is 21.6. The predicted molar refractivity (Wildman–Crippen MR) is 126 cm³/mol. The lowest BCUT2D eigenvalue weighted by atomic mass is 10.1. The average molecular weight is 405 g/mol. The quantitative estimate of drug-likeness (QED) is 0.352. The summed E-state index contributed by atoms with van der Waals surface area (Å²) in [4.78, 5) is 0. The van der Waals surface area contributed by atoms with Gasteiger partial charge in [0, 0.05) is 18.8 Å². The molecule has 4 nitrogen and oxygen atoms in total. The van der Waals surface area contributed by atoms with E-state index in [0.29, 0.717) is 12.5 Å². The highest BCUT2D eigenvalue weighted by atomic mass is 16.5. The number of rotatable bonds is 12. The molecule has 0 aromatic heterocycles. The Morgan fingerprint density at radius 3 is 2.20 bits per heavy atom.